The Balaban J connectivity index is 1.90. The first kappa shape index (κ1) is 21.9. The highest BCUT2D eigenvalue weighted by Crippen LogP contribution is 2.32. The van der Waals surface area contributed by atoms with E-state index in [1.165, 1.54) is 11.0 Å². The SMILES string of the molecule is CC(CCc1ccco1)N(C)C(=O)c1cc2nc(C(C)(C)C)cc(C(F)(F)F)n2n1. The number of furan rings is 1. The Morgan fingerprint density at radius 3 is 2.53 bits per heavy atom. The third-order valence-electron chi connectivity index (χ3n) is 5.08. The van der Waals surface area contributed by atoms with Crippen molar-refractivity contribution in [1.82, 2.24) is 19.5 Å². The molecule has 0 fully saturated rings. The van der Waals surface area contributed by atoms with E-state index in [1.54, 1.807) is 40.1 Å². The highest BCUT2D eigenvalue weighted by molar-refractivity contribution is 5.93. The van der Waals surface area contributed by atoms with E-state index >= 15 is 0 Å². The minimum absolute atomic E-state index is 0.00487. The summed E-state index contributed by atoms with van der Waals surface area (Å²) in [6, 6.07) is 5.79. The summed E-state index contributed by atoms with van der Waals surface area (Å²) in [5.74, 6) is 0.349. The van der Waals surface area contributed by atoms with Crippen molar-refractivity contribution in [3.63, 3.8) is 0 Å². The largest absolute Gasteiger partial charge is 0.469 e. The maximum absolute atomic E-state index is 13.6. The van der Waals surface area contributed by atoms with E-state index in [-0.39, 0.29) is 23.1 Å². The second-order valence-electron chi connectivity index (χ2n) is 8.46. The van der Waals surface area contributed by atoms with Gasteiger partial charge in [-0.3, -0.25) is 4.79 Å². The number of carbonyl (C=O) groups excluding carboxylic acids is 1. The minimum atomic E-state index is -4.63. The van der Waals surface area contributed by atoms with E-state index in [4.69, 9.17) is 4.42 Å². The van der Waals surface area contributed by atoms with E-state index in [2.05, 4.69) is 10.1 Å². The maximum atomic E-state index is 13.6. The van der Waals surface area contributed by atoms with Gasteiger partial charge in [-0.15, -0.1) is 0 Å². The number of alkyl halides is 3. The molecule has 1 amide bonds. The molecule has 3 heterocycles. The van der Waals surface area contributed by atoms with Gasteiger partial charge < -0.3 is 9.32 Å². The topological polar surface area (TPSA) is 63.6 Å². The molecule has 9 heteroatoms. The first-order chi connectivity index (χ1) is 13.9. The van der Waals surface area contributed by atoms with E-state index < -0.39 is 23.2 Å². The Bertz CT molecular complexity index is 1030. The zero-order valence-corrected chi connectivity index (χ0v) is 17.6. The van der Waals surface area contributed by atoms with E-state index in [0.717, 1.165) is 11.8 Å². The molecule has 0 aromatic carbocycles. The first-order valence-corrected chi connectivity index (χ1v) is 9.66. The summed E-state index contributed by atoms with van der Waals surface area (Å²) in [5, 5.41) is 3.94. The molecule has 0 spiro atoms. The van der Waals surface area contributed by atoms with Crippen LogP contribution in [-0.2, 0) is 18.0 Å². The van der Waals surface area contributed by atoms with Gasteiger partial charge in [0.25, 0.3) is 5.91 Å². The molecule has 0 aliphatic heterocycles. The molecule has 1 atom stereocenters. The van der Waals surface area contributed by atoms with Gasteiger partial charge in [-0.05, 0) is 31.5 Å². The summed E-state index contributed by atoms with van der Waals surface area (Å²) in [6.07, 6.45) is -1.76. The van der Waals surface area contributed by atoms with Crippen molar-refractivity contribution in [1.29, 1.82) is 0 Å². The van der Waals surface area contributed by atoms with Crippen LogP contribution in [0, 0.1) is 0 Å². The third-order valence-corrected chi connectivity index (χ3v) is 5.08. The summed E-state index contributed by atoms with van der Waals surface area (Å²) < 4.78 is 46.9. The van der Waals surface area contributed by atoms with E-state index in [0.29, 0.717) is 17.4 Å². The summed E-state index contributed by atoms with van der Waals surface area (Å²) >= 11 is 0. The number of aryl methyl sites for hydroxylation is 1. The number of carbonyl (C=O) groups is 1. The molecule has 0 aliphatic carbocycles. The van der Waals surface area contributed by atoms with Crippen molar-refractivity contribution >= 4 is 11.6 Å². The second kappa shape index (κ2) is 7.77. The van der Waals surface area contributed by atoms with Gasteiger partial charge in [-0.1, -0.05) is 20.8 Å². The lowest BCUT2D eigenvalue weighted by molar-refractivity contribution is -0.142. The number of nitrogens with zero attached hydrogens (tertiary/aromatic N) is 4. The van der Waals surface area contributed by atoms with Crippen LogP contribution in [0.15, 0.2) is 34.9 Å². The second-order valence-corrected chi connectivity index (χ2v) is 8.46. The Kier molecular flexibility index (Phi) is 5.66. The molecule has 3 aromatic heterocycles. The van der Waals surface area contributed by atoms with Crippen molar-refractivity contribution in [3.05, 3.63) is 53.4 Å². The molecule has 30 heavy (non-hydrogen) atoms. The molecule has 3 aromatic rings. The van der Waals surface area contributed by atoms with Crippen LogP contribution in [0.1, 0.15) is 61.8 Å². The van der Waals surface area contributed by atoms with Crippen LogP contribution in [0.3, 0.4) is 0 Å². The molecule has 0 saturated heterocycles. The summed E-state index contributed by atoms with van der Waals surface area (Å²) in [6.45, 7) is 7.21. The lowest BCUT2D eigenvalue weighted by Gasteiger charge is -2.23. The third kappa shape index (κ3) is 4.49. The molecule has 0 radical (unpaired) electrons. The Morgan fingerprint density at radius 1 is 1.27 bits per heavy atom. The lowest BCUT2D eigenvalue weighted by Crippen LogP contribution is -2.35. The van der Waals surface area contributed by atoms with Gasteiger partial charge in [-0.2, -0.15) is 18.3 Å². The van der Waals surface area contributed by atoms with Crippen LogP contribution in [0.2, 0.25) is 0 Å². The molecule has 0 aliphatic rings. The van der Waals surface area contributed by atoms with Gasteiger partial charge in [0.2, 0.25) is 0 Å². The standard InChI is InChI=1S/C21H25F3N4O2/c1-13(8-9-14-7-6-10-30-14)27(5)19(29)15-11-18-25-16(20(2,3)4)12-17(21(22,23)24)28(18)26-15/h6-7,10-13H,8-9H2,1-5H3. The van der Waals surface area contributed by atoms with Crippen molar-refractivity contribution in [2.75, 3.05) is 7.05 Å². The van der Waals surface area contributed by atoms with Gasteiger partial charge in [0.05, 0.1) is 12.0 Å². The molecule has 0 saturated carbocycles. The van der Waals surface area contributed by atoms with Gasteiger partial charge >= 0.3 is 6.18 Å². The van der Waals surface area contributed by atoms with Gasteiger partial charge in [0, 0.05) is 31.0 Å². The quantitative estimate of drug-likeness (QED) is 0.596. The number of halogens is 3. The summed E-state index contributed by atoms with van der Waals surface area (Å²) in [5.41, 5.74) is -1.35. The zero-order valence-electron chi connectivity index (χ0n) is 17.6. The van der Waals surface area contributed by atoms with Crippen LogP contribution in [0.4, 0.5) is 13.2 Å². The van der Waals surface area contributed by atoms with E-state index in [1.807, 2.05) is 13.0 Å². The van der Waals surface area contributed by atoms with Gasteiger partial charge in [-0.25, -0.2) is 9.50 Å². The number of fused-ring (bicyclic) bond motifs is 1. The average Bonchev–Trinajstić information content (AvgIpc) is 3.31. The van der Waals surface area contributed by atoms with Crippen LogP contribution >= 0.6 is 0 Å². The van der Waals surface area contributed by atoms with Crippen LogP contribution in [0.25, 0.3) is 5.65 Å². The molecule has 162 valence electrons. The number of hydrogen-bond acceptors (Lipinski definition) is 4. The summed E-state index contributed by atoms with van der Waals surface area (Å²) in [4.78, 5) is 18.7. The molecule has 0 bridgehead atoms. The summed E-state index contributed by atoms with van der Waals surface area (Å²) in [7, 11) is 1.61. The number of hydrogen-bond donors (Lipinski definition) is 0. The predicted molar refractivity (Wildman–Crippen MR) is 105 cm³/mol. The molecular formula is C21H25F3N4O2. The van der Waals surface area contributed by atoms with Crippen LogP contribution in [0.5, 0.6) is 0 Å². The highest BCUT2D eigenvalue weighted by atomic mass is 19.4. The normalized spacial score (nSPS) is 13.6. The lowest BCUT2D eigenvalue weighted by atomic mass is 9.91. The minimum Gasteiger partial charge on any atom is -0.469 e. The Hall–Kier alpha value is -2.84. The molecule has 3 rings (SSSR count). The van der Waals surface area contributed by atoms with Gasteiger partial charge in [0.1, 0.15) is 11.5 Å². The predicted octanol–water partition coefficient (Wildman–Crippen LogP) is 4.73. The zero-order chi connectivity index (χ0) is 22.3. The fourth-order valence-corrected chi connectivity index (χ4v) is 3.05. The smallest absolute Gasteiger partial charge is 0.433 e. The van der Waals surface area contributed by atoms with Crippen molar-refractivity contribution in [2.45, 2.75) is 58.2 Å². The maximum Gasteiger partial charge on any atom is 0.433 e. The Morgan fingerprint density at radius 2 is 1.97 bits per heavy atom. The highest BCUT2D eigenvalue weighted by Gasteiger charge is 2.37. The number of rotatable bonds is 5. The van der Waals surface area contributed by atoms with Crippen LogP contribution < -0.4 is 0 Å². The van der Waals surface area contributed by atoms with Crippen LogP contribution in [-0.4, -0.2) is 38.5 Å². The van der Waals surface area contributed by atoms with Crippen molar-refractivity contribution in [3.8, 4) is 0 Å². The number of amides is 1. The van der Waals surface area contributed by atoms with Crippen molar-refractivity contribution in [2.24, 2.45) is 0 Å². The first-order valence-electron chi connectivity index (χ1n) is 9.66. The van der Waals surface area contributed by atoms with Crippen molar-refractivity contribution < 1.29 is 22.4 Å². The average molecular weight is 422 g/mol. The molecule has 6 nitrogen and oxygen atoms in total. The molecular weight excluding hydrogens is 397 g/mol. The monoisotopic (exact) mass is 422 g/mol. The fraction of sp³-hybridized carbons (Fsp3) is 0.476. The number of aromatic nitrogens is 3. The molecule has 0 N–H and O–H groups in total. The van der Waals surface area contributed by atoms with Gasteiger partial charge in [0.15, 0.2) is 11.3 Å². The Labute approximate surface area is 172 Å². The molecule has 1 unspecified atom stereocenters. The van der Waals surface area contributed by atoms with E-state index in [9.17, 15) is 18.0 Å². The fourth-order valence-electron chi connectivity index (χ4n) is 3.05.